The van der Waals surface area contributed by atoms with Crippen LogP contribution in [0.5, 0.6) is 11.5 Å². The van der Waals surface area contributed by atoms with E-state index in [9.17, 15) is 14.7 Å². The Balaban J connectivity index is 2.02. The van der Waals surface area contributed by atoms with Crippen molar-refractivity contribution < 1.29 is 24.2 Å². The number of fused-ring (bicyclic) bond motifs is 1. The Morgan fingerprint density at radius 2 is 1.65 bits per heavy atom. The number of hydrogen-bond donors (Lipinski definition) is 1. The van der Waals surface area contributed by atoms with Crippen LogP contribution in [0.15, 0.2) is 36.4 Å². The van der Waals surface area contributed by atoms with Crippen molar-refractivity contribution in [2.45, 2.75) is 25.9 Å². The predicted octanol–water partition coefficient (Wildman–Crippen LogP) is 2.66. The van der Waals surface area contributed by atoms with Crippen molar-refractivity contribution in [1.29, 1.82) is 0 Å². The van der Waals surface area contributed by atoms with Gasteiger partial charge in [0.2, 0.25) is 0 Å². The van der Waals surface area contributed by atoms with E-state index in [4.69, 9.17) is 9.47 Å². The molecule has 0 radical (unpaired) electrons. The van der Waals surface area contributed by atoms with Crippen LogP contribution < -0.4 is 9.47 Å². The normalized spacial score (nSPS) is 16.0. The van der Waals surface area contributed by atoms with Crippen LogP contribution in [0.1, 0.15) is 27.0 Å². The molecule has 1 N–H and O–H groups in total. The van der Waals surface area contributed by atoms with Gasteiger partial charge in [0.15, 0.2) is 0 Å². The summed E-state index contributed by atoms with van der Waals surface area (Å²) in [4.78, 5) is 26.3. The highest BCUT2D eigenvalue weighted by atomic mass is 16.5. The Labute approximate surface area is 152 Å². The van der Waals surface area contributed by atoms with E-state index >= 15 is 0 Å². The number of carboxylic acids is 1. The Morgan fingerprint density at radius 1 is 1.08 bits per heavy atom. The van der Waals surface area contributed by atoms with Gasteiger partial charge >= 0.3 is 5.97 Å². The quantitative estimate of drug-likeness (QED) is 0.912. The molecule has 0 aliphatic carbocycles. The lowest BCUT2D eigenvalue weighted by atomic mass is 9.93. The van der Waals surface area contributed by atoms with Crippen molar-refractivity contribution >= 4 is 11.9 Å². The van der Waals surface area contributed by atoms with Gasteiger partial charge in [-0.2, -0.15) is 0 Å². The van der Waals surface area contributed by atoms with Crippen LogP contribution in [0.3, 0.4) is 0 Å². The molecule has 136 valence electrons. The summed E-state index contributed by atoms with van der Waals surface area (Å²) in [5.41, 5.74) is 3.05. The van der Waals surface area contributed by atoms with Gasteiger partial charge in [-0.3, -0.25) is 4.79 Å². The molecule has 1 unspecified atom stereocenters. The van der Waals surface area contributed by atoms with Crippen LogP contribution in [0.25, 0.3) is 0 Å². The van der Waals surface area contributed by atoms with E-state index in [0.717, 1.165) is 16.7 Å². The molecule has 1 aliphatic rings. The molecule has 0 saturated heterocycles. The molecule has 2 aromatic rings. The molecule has 2 aromatic carbocycles. The van der Waals surface area contributed by atoms with Crippen molar-refractivity contribution in [3.05, 3.63) is 58.7 Å². The van der Waals surface area contributed by atoms with Crippen molar-refractivity contribution in [3.8, 4) is 11.5 Å². The zero-order valence-electron chi connectivity index (χ0n) is 15.0. The number of ether oxygens (including phenoxy) is 2. The zero-order valence-corrected chi connectivity index (χ0v) is 15.0. The summed E-state index contributed by atoms with van der Waals surface area (Å²) in [5, 5.41) is 9.63. The number of amides is 1. The molecule has 6 heteroatoms. The molecule has 1 amide bonds. The van der Waals surface area contributed by atoms with Gasteiger partial charge in [-0.15, -0.1) is 0 Å². The summed E-state index contributed by atoms with van der Waals surface area (Å²) in [7, 11) is 3.04. The minimum absolute atomic E-state index is 0.254. The van der Waals surface area contributed by atoms with E-state index in [1.807, 2.05) is 31.2 Å². The molecule has 26 heavy (non-hydrogen) atoms. The maximum absolute atomic E-state index is 13.1. The maximum atomic E-state index is 13.1. The van der Waals surface area contributed by atoms with Crippen LogP contribution in [-0.4, -0.2) is 42.1 Å². The molecule has 0 saturated carbocycles. The van der Waals surface area contributed by atoms with Crippen molar-refractivity contribution in [2.75, 3.05) is 14.2 Å². The summed E-state index contributed by atoms with van der Waals surface area (Å²) >= 11 is 0. The first-order valence-electron chi connectivity index (χ1n) is 8.29. The van der Waals surface area contributed by atoms with E-state index in [1.54, 1.807) is 12.1 Å². The first kappa shape index (κ1) is 17.8. The number of aliphatic carboxylic acids is 1. The lowest BCUT2D eigenvalue weighted by Crippen LogP contribution is -2.48. The summed E-state index contributed by atoms with van der Waals surface area (Å²) in [6.07, 6.45) is 0.289. The SMILES string of the molecule is COc1cc(C(=O)N2Cc3ccccc3CC2C(=O)O)cc(OC)c1C. The summed E-state index contributed by atoms with van der Waals surface area (Å²) in [5.74, 6) is -0.323. The number of carboxylic acid groups (broad SMARTS) is 1. The Kier molecular flexibility index (Phi) is 4.84. The molecule has 0 bridgehead atoms. The number of hydrogen-bond acceptors (Lipinski definition) is 4. The van der Waals surface area contributed by atoms with E-state index in [0.29, 0.717) is 17.1 Å². The van der Waals surface area contributed by atoms with Crippen LogP contribution in [0, 0.1) is 6.92 Å². The zero-order chi connectivity index (χ0) is 18.8. The summed E-state index contributed by atoms with van der Waals surface area (Å²) in [6.45, 7) is 2.09. The van der Waals surface area contributed by atoms with Gasteiger partial charge in [0.25, 0.3) is 5.91 Å². The molecule has 0 spiro atoms. The van der Waals surface area contributed by atoms with Crippen molar-refractivity contribution in [2.24, 2.45) is 0 Å². The molecular weight excluding hydrogens is 334 g/mol. The van der Waals surface area contributed by atoms with E-state index < -0.39 is 12.0 Å². The number of nitrogens with zero attached hydrogens (tertiary/aromatic N) is 1. The van der Waals surface area contributed by atoms with Gasteiger partial charge < -0.3 is 19.5 Å². The largest absolute Gasteiger partial charge is 0.496 e. The highest BCUT2D eigenvalue weighted by molar-refractivity contribution is 5.98. The van der Waals surface area contributed by atoms with Gasteiger partial charge in [0, 0.05) is 24.1 Å². The fourth-order valence-corrected chi connectivity index (χ4v) is 3.33. The van der Waals surface area contributed by atoms with E-state index in [-0.39, 0.29) is 18.9 Å². The summed E-state index contributed by atoms with van der Waals surface area (Å²) < 4.78 is 10.7. The number of carbonyl (C=O) groups is 2. The monoisotopic (exact) mass is 355 g/mol. The average Bonchev–Trinajstić information content (AvgIpc) is 2.66. The third-order valence-electron chi connectivity index (χ3n) is 4.79. The number of benzene rings is 2. The minimum atomic E-state index is -1.01. The maximum Gasteiger partial charge on any atom is 0.326 e. The van der Waals surface area contributed by atoms with Crippen LogP contribution in [-0.2, 0) is 17.8 Å². The molecule has 1 heterocycles. The molecule has 0 aromatic heterocycles. The average molecular weight is 355 g/mol. The first-order chi connectivity index (χ1) is 12.5. The molecule has 1 aliphatic heterocycles. The third kappa shape index (κ3) is 3.10. The Bertz CT molecular complexity index is 836. The standard InChI is InChI=1S/C20H21NO5/c1-12-17(25-2)9-15(10-18(12)26-3)19(22)21-11-14-7-5-4-6-13(14)8-16(21)20(23)24/h4-7,9-10,16H,8,11H2,1-3H3,(H,23,24). The minimum Gasteiger partial charge on any atom is -0.496 e. The molecule has 3 rings (SSSR count). The smallest absolute Gasteiger partial charge is 0.326 e. The number of carbonyl (C=O) groups excluding carboxylic acids is 1. The Morgan fingerprint density at radius 3 is 2.19 bits per heavy atom. The number of methoxy groups -OCH3 is 2. The fraction of sp³-hybridized carbons (Fsp3) is 0.300. The van der Waals surface area contributed by atoms with Gasteiger partial charge in [-0.25, -0.2) is 4.79 Å². The second kappa shape index (κ2) is 7.07. The number of rotatable bonds is 4. The van der Waals surface area contributed by atoms with Gasteiger partial charge in [0.05, 0.1) is 14.2 Å². The molecular formula is C20H21NO5. The second-order valence-corrected chi connectivity index (χ2v) is 6.27. The van der Waals surface area contributed by atoms with Gasteiger partial charge in [0.1, 0.15) is 17.5 Å². The lowest BCUT2D eigenvalue weighted by molar-refractivity contribution is -0.142. The fourth-order valence-electron chi connectivity index (χ4n) is 3.33. The highest BCUT2D eigenvalue weighted by Gasteiger charge is 2.35. The van der Waals surface area contributed by atoms with E-state index in [2.05, 4.69) is 0 Å². The first-order valence-corrected chi connectivity index (χ1v) is 8.29. The highest BCUT2D eigenvalue weighted by Crippen LogP contribution is 2.32. The lowest BCUT2D eigenvalue weighted by Gasteiger charge is -2.34. The molecule has 0 fully saturated rings. The van der Waals surface area contributed by atoms with Gasteiger partial charge in [-0.1, -0.05) is 24.3 Å². The van der Waals surface area contributed by atoms with Crippen LogP contribution in [0.4, 0.5) is 0 Å². The van der Waals surface area contributed by atoms with E-state index in [1.165, 1.54) is 19.1 Å². The third-order valence-corrected chi connectivity index (χ3v) is 4.79. The predicted molar refractivity (Wildman–Crippen MR) is 95.7 cm³/mol. The van der Waals surface area contributed by atoms with Crippen LogP contribution >= 0.6 is 0 Å². The van der Waals surface area contributed by atoms with Gasteiger partial charge in [-0.05, 0) is 30.2 Å². The second-order valence-electron chi connectivity index (χ2n) is 6.27. The molecule has 1 atom stereocenters. The molecule has 6 nitrogen and oxygen atoms in total. The Hall–Kier alpha value is -3.02. The van der Waals surface area contributed by atoms with Crippen LogP contribution in [0.2, 0.25) is 0 Å². The topological polar surface area (TPSA) is 76.1 Å². The van der Waals surface area contributed by atoms with Crippen molar-refractivity contribution in [3.63, 3.8) is 0 Å². The van der Waals surface area contributed by atoms with Crippen molar-refractivity contribution in [1.82, 2.24) is 4.90 Å². The summed E-state index contributed by atoms with van der Waals surface area (Å²) in [6, 6.07) is 9.94.